The Balaban J connectivity index is 2.59. The maximum Gasteiger partial charge on any atom is 0.313 e. The van der Waals surface area contributed by atoms with Gasteiger partial charge in [-0.2, -0.15) is 0 Å². The second-order valence-corrected chi connectivity index (χ2v) is 3.28. The van der Waals surface area contributed by atoms with Crippen molar-refractivity contribution >= 4 is 11.5 Å². The summed E-state index contributed by atoms with van der Waals surface area (Å²) in [6.07, 6.45) is 5.66. The number of hydrogen-bond acceptors (Lipinski definition) is 6. The van der Waals surface area contributed by atoms with Crippen LogP contribution >= 0.6 is 0 Å². The van der Waals surface area contributed by atoms with E-state index in [2.05, 4.69) is 15.1 Å². The van der Waals surface area contributed by atoms with Gasteiger partial charge >= 0.3 is 5.69 Å². The lowest BCUT2D eigenvalue weighted by Crippen LogP contribution is -2.14. The summed E-state index contributed by atoms with van der Waals surface area (Å²) in [5.74, 6) is -0.144. The van der Waals surface area contributed by atoms with Gasteiger partial charge < -0.3 is 10.9 Å². The number of rotatable bonds is 3. The summed E-state index contributed by atoms with van der Waals surface area (Å²) in [5.41, 5.74) is 5.24. The molecule has 0 unspecified atom stereocenters. The first-order valence-electron chi connectivity index (χ1n) is 4.74. The van der Waals surface area contributed by atoms with E-state index in [0.717, 1.165) is 0 Å². The van der Waals surface area contributed by atoms with Crippen molar-refractivity contribution in [3.63, 3.8) is 0 Å². The minimum absolute atomic E-state index is 0.104. The molecule has 0 aliphatic carbocycles. The average molecular weight is 248 g/mol. The van der Waals surface area contributed by atoms with E-state index < -0.39 is 4.92 Å². The van der Waals surface area contributed by atoms with Gasteiger partial charge in [0.2, 0.25) is 5.82 Å². The number of nitrogens with zero attached hydrogens (tertiary/aromatic N) is 5. The third-order valence-corrected chi connectivity index (χ3v) is 2.20. The number of oxime groups is 1. The number of nitro groups is 1. The molecule has 2 heterocycles. The Morgan fingerprint density at radius 1 is 1.61 bits per heavy atom. The maximum absolute atomic E-state index is 11.0. The molecule has 0 fully saturated rings. The zero-order valence-electron chi connectivity index (χ0n) is 8.96. The van der Waals surface area contributed by atoms with Gasteiger partial charge in [0.05, 0.1) is 4.92 Å². The van der Waals surface area contributed by atoms with Crippen molar-refractivity contribution in [2.45, 2.75) is 0 Å². The molecule has 92 valence electrons. The Morgan fingerprint density at radius 3 is 2.94 bits per heavy atom. The Kier molecular flexibility index (Phi) is 2.87. The van der Waals surface area contributed by atoms with Crippen LogP contribution in [0.3, 0.4) is 0 Å². The summed E-state index contributed by atoms with van der Waals surface area (Å²) >= 11 is 0. The van der Waals surface area contributed by atoms with Gasteiger partial charge in [0.15, 0.2) is 5.84 Å². The molecular weight excluding hydrogens is 240 g/mol. The molecule has 0 aromatic carbocycles. The summed E-state index contributed by atoms with van der Waals surface area (Å²) in [4.78, 5) is 18.1. The van der Waals surface area contributed by atoms with E-state index in [1.807, 2.05) is 0 Å². The second-order valence-electron chi connectivity index (χ2n) is 3.28. The lowest BCUT2D eigenvalue weighted by atomic mass is 10.2. The lowest BCUT2D eigenvalue weighted by Gasteiger charge is -2.04. The van der Waals surface area contributed by atoms with E-state index in [0.29, 0.717) is 0 Å². The number of amidine groups is 1. The highest BCUT2D eigenvalue weighted by Gasteiger charge is 2.18. The Hall–Kier alpha value is -2.97. The number of aromatic nitrogens is 3. The first-order chi connectivity index (χ1) is 8.63. The normalized spacial score (nSPS) is 11.4. The maximum atomic E-state index is 11.0. The van der Waals surface area contributed by atoms with E-state index in [1.54, 1.807) is 0 Å². The minimum Gasteiger partial charge on any atom is -0.409 e. The monoisotopic (exact) mass is 248 g/mol. The molecule has 9 nitrogen and oxygen atoms in total. The molecule has 18 heavy (non-hydrogen) atoms. The molecule has 0 bridgehead atoms. The molecule has 2 aromatic rings. The van der Waals surface area contributed by atoms with Gasteiger partial charge in [0.25, 0.3) is 0 Å². The van der Waals surface area contributed by atoms with Crippen LogP contribution in [0.2, 0.25) is 0 Å². The molecule has 0 spiro atoms. The summed E-state index contributed by atoms with van der Waals surface area (Å²) < 4.78 is 1.40. The molecule has 0 aliphatic heterocycles. The van der Waals surface area contributed by atoms with Crippen molar-refractivity contribution in [3.05, 3.63) is 46.7 Å². The van der Waals surface area contributed by atoms with Crippen LogP contribution in [0.25, 0.3) is 5.82 Å². The number of imidazole rings is 1. The smallest absolute Gasteiger partial charge is 0.313 e. The minimum atomic E-state index is -0.601. The Labute approximate surface area is 100 Å². The summed E-state index contributed by atoms with van der Waals surface area (Å²) in [6.45, 7) is 0. The quantitative estimate of drug-likeness (QED) is 0.263. The van der Waals surface area contributed by atoms with E-state index in [4.69, 9.17) is 10.9 Å². The van der Waals surface area contributed by atoms with Crippen LogP contribution in [0.15, 0.2) is 36.1 Å². The van der Waals surface area contributed by atoms with Crippen molar-refractivity contribution in [1.29, 1.82) is 0 Å². The molecule has 0 amide bonds. The first kappa shape index (κ1) is 11.5. The predicted octanol–water partition coefficient (Wildman–Crippen LogP) is 0.270. The second kappa shape index (κ2) is 4.49. The molecular formula is C9H8N6O3. The van der Waals surface area contributed by atoms with Gasteiger partial charge in [0.1, 0.15) is 6.33 Å². The third-order valence-electron chi connectivity index (χ3n) is 2.20. The van der Waals surface area contributed by atoms with Crippen LogP contribution in [0.1, 0.15) is 5.56 Å². The lowest BCUT2D eigenvalue weighted by molar-refractivity contribution is -0.384. The Morgan fingerprint density at radius 2 is 2.39 bits per heavy atom. The van der Waals surface area contributed by atoms with E-state index in [-0.39, 0.29) is 22.9 Å². The van der Waals surface area contributed by atoms with Crippen LogP contribution in [-0.4, -0.2) is 30.5 Å². The topological polar surface area (TPSA) is 132 Å². The van der Waals surface area contributed by atoms with Crippen LogP contribution in [0, 0.1) is 10.1 Å². The highest BCUT2D eigenvalue weighted by molar-refractivity contribution is 5.97. The van der Waals surface area contributed by atoms with Crippen LogP contribution in [-0.2, 0) is 0 Å². The Bertz CT molecular complexity index is 607. The average Bonchev–Trinajstić information content (AvgIpc) is 2.90. The number of nitrogens with two attached hydrogens (primary N) is 1. The van der Waals surface area contributed by atoms with Gasteiger partial charge in [-0.15, -0.1) is 0 Å². The zero-order valence-corrected chi connectivity index (χ0v) is 8.96. The highest BCUT2D eigenvalue weighted by Crippen LogP contribution is 2.21. The van der Waals surface area contributed by atoms with Crippen molar-refractivity contribution in [2.75, 3.05) is 0 Å². The van der Waals surface area contributed by atoms with Crippen molar-refractivity contribution < 1.29 is 10.1 Å². The van der Waals surface area contributed by atoms with Crippen LogP contribution < -0.4 is 5.73 Å². The molecule has 0 saturated carbocycles. The summed E-state index contributed by atoms with van der Waals surface area (Å²) in [6, 6.07) is 1.18. The van der Waals surface area contributed by atoms with Crippen molar-refractivity contribution in [2.24, 2.45) is 10.9 Å². The fourth-order valence-electron chi connectivity index (χ4n) is 1.36. The van der Waals surface area contributed by atoms with Gasteiger partial charge in [-0.1, -0.05) is 5.16 Å². The summed E-state index contributed by atoms with van der Waals surface area (Å²) in [7, 11) is 0. The van der Waals surface area contributed by atoms with E-state index >= 15 is 0 Å². The number of pyridine rings is 1. The molecule has 9 heteroatoms. The molecule has 3 N–H and O–H groups in total. The van der Waals surface area contributed by atoms with Gasteiger partial charge in [-0.05, 0) is 0 Å². The number of hydrogen-bond donors (Lipinski definition) is 2. The third kappa shape index (κ3) is 1.96. The van der Waals surface area contributed by atoms with Gasteiger partial charge in [-0.25, -0.2) is 9.97 Å². The van der Waals surface area contributed by atoms with Crippen molar-refractivity contribution in [3.8, 4) is 5.82 Å². The zero-order chi connectivity index (χ0) is 13.1. The highest BCUT2D eigenvalue weighted by atomic mass is 16.6. The molecule has 0 radical (unpaired) electrons. The SMILES string of the molecule is N/C(=N/O)c1cnc(-n2ccnc2)c([N+](=O)[O-])c1. The van der Waals surface area contributed by atoms with Crippen LogP contribution in [0.4, 0.5) is 5.69 Å². The van der Waals surface area contributed by atoms with Gasteiger partial charge in [0, 0.05) is 30.2 Å². The molecule has 0 atom stereocenters. The van der Waals surface area contributed by atoms with Gasteiger partial charge in [-0.3, -0.25) is 14.7 Å². The molecule has 0 aliphatic rings. The van der Waals surface area contributed by atoms with Crippen molar-refractivity contribution in [1.82, 2.24) is 14.5 Å². The van der Waals surface area contributed by atoms with Crippen LogP contribution in [0.5, 0.6) is 0 Å². The predicted molar refractivity (Wildman–Crippen MR) is 60.5 cm³/mol. The molecule has 2 aromatic heterocycles. The first-order valence-corrected chi connectivity index (χ1v) is 4.74. The summed E-state index contributed by atoms with van der Waals surface area (Å²) in [5, 5.41) is 22.3. The fourth-order valence-corrected chi connectivity index (χ4v) is 1.36. The standard InChI is InChI=1S/C9H8N6O3/c10-8(13-16)6-3-7(15(17)18)9(12-4-6)14-2-1-11-5-14/h1-5,16H,(H2,10,13). The largest absolute Gasteiger partial charge is 0.409 e. The van der Waals surface area contributed by atoms with E-state index in [1.165, 1.54) is 35.6 Å². The molecule has 0 saturated heterocycles. The fraction of sp³-hybridized carbons (Fsp3) is 0. The molecule has 2 rings (SSSR count). The van der Waals surface area contributed by atoms with E-state index in [9.17, 15) is 10.1 Å².